The van der Waals surface area contributed by atoms with Crippen LogP contribution in [-0.2, 0) is 43.4 Å². The molecular weight excluding hydrogens is 626 g/mol. The minimum Gasteiger partial charge on any atom is -0.496 e. The van der Waals surface area contributed by atoms with Gasteiger partial charge in [-0.25, -0.2) is 4.79 Å². The van der Waals surface area contributed by atoms with Crippen molar-refractivity contribution >= 4 is 23.7 Å². The van der Waals surface area contributed by atoms with Gasteiger partial charge in [0.05, 0.1) is 25.2 Å². The number of aryl methyl sites for hydroxylation is 1. The number of nitrogens with one attached hydrogen (secondary N) is 3. The molecule has 3 rings (SSSR count). The van der Waals surface area contributed by atoms with E-state index in [1.165, 1.54) is 6.08 Å². The van der Waals surface area contributed by atoms with Gasteiger partial charge in [0.2, 0.25) is 17.7 Å². The summed E-state index contributed by atoms with van der Waals surface area (Å²) in [4.78, 5) is 51.2. The van der Waals surface area contributed by atoms with Crippen LogP contribution >= 0.6 is 0 Å². The van der Waals surface area contributed by atoms with Gasteiger partial charge in [-0.1, -0.05) is 70.2 Å². The van der Waals surface area contributed by atoms with Crippen molar-refractivity contribution in [1.82, 2.24) is 16.0 Å². The minimum absolute atomic E-state index is 0.00420. The zero-order valence-electron chi connectivity index (χ0n) is 29.7. The molecule has 0 aromatic heterocycles. The van der Waals surface area contributed by atoms with Crippen molar-refractivity contribution in [3.05, 3.63) is 76.9 Å². The molecule has 5 atom stereocenters. The summed E-state index contributed by atoms with van der Waals surface area (Å²) < 4.78 is 11.4. The van der Waals surface area contributed by atoms with E-state index in [0.29, 0.717) is 6.42 Å². The van der Waals surface area contributed by atoms with Gasteiger partial charge in [-0.3, -0.25) is 14.4 Å². The van der Waals surface area contributed by atoms with Crippen LogP contribution in [0.2, 0.25) is 0 Å². The monoisotopic (exact) mass is 679 g/mol. The Balaban J connectivity index is 1.62. The Hall–Kier alpha value is -4.22. The maximum Gasteiger partial charge on any atom is 0.326 e. The number of amides is 3. The van der Waals surface area contributed by atoms with Crippen molar-refractivity contribution in [2.24, 2.45) is 17.3 Å². The zero-order valence-corrected chi connectivity index (χ0v) is 29.7. The third-order valence-corrected chi connectivity index (χ3v) is 8.97. The van der Waals surface area contributed by atoms with E-state index in [2.05, 4.69) is 22.9 Å². The normalized spacial score (nSPS) is 17.7. The summed E-state index contributed by atoms with van der Waals surface area (Å²) in [5, 5.41) is 27.0. The molecule has 1 fully saturated rings. The van der Waals surface area contributed by atoms with E-state index in [-0.39, 0.29) is 43.6 Å². The average Bonchev–Trinajstić information content (AvgIpc) is 3.88. The number of aliphatic hydroxyl groups excluding tert-OH is 1. The number of carboxylic acid groups (broad SMARTS) is 1. The maximum atomic E-state index is 13.5. The van der Waals surface area contributed by atoms with Crippen LogP contribution < -0.4 is 20.7 Å². The third kappa shape index (κ3) is 11.4. The molecule has 1 aliphatic rings. The summed E-state index contributed by atoms with van der Waals surface area (Å²) in [7, 11) is 1.60. The van der Waals surface area contributed by atoms with Crippen molar-refractivity contribution in [2.75, 3.05) is 13.7 Å². The van der Waals surface area contributed by atoms with Gasteiger partial charge in [-0.15, -0.1) is 0 Å². The highest BCUT2D eigenvalue weighted by Gasteiger charge is 2.43. The van der Waals surface area contributed by atoms with Gasteiger partial charge in [0.15, 0.2) is 0 Å². The van der Waals surface area contributed by atoms with Gasteiger partial charge in [0.1, 0.15) is 23.9 Å². The molecule has 11 nitrogen and oxygen atoms in total. The fourth-order valence-electron chi connectivity index (χ4n) is 5.61. The van der Waals surface area contributed by atoms with E-state index in [9.17, 15) is 29.4 Å². The molecule has 2 aromatic carbocycles. The highest BCUT2D eigenvalue weighted by atomic mass is 16.6. The van der Waals surface area contributed by atoms with E-state index in [4.69, 9.17) is 9.47 Å². The van der Waals surface area contributed by atoms with Gasteiger partial charge >= 0.3 is 5.97 Å². The van der Waals surface area contributed by atoms with Gasteiger partial charge in [0.25, 0.3) is 0 Å². The van der Waals surface area contributed by atoms with Gasteiger partial charge in [-0.2, -0.15) is 0 Å². The Kier molecular flexibility index (Phi) is 14.4. The number of ether oxygens (including phenoxy) is 2. The molecule has 1 saturated heterocycles. The van der Waals surface area contributed by atoms with E-state index in [1.54, 1.807) is 40.9 Å². The number of carbonyl (C=O) groups excluding carboxylic acids is 3. The number of carboxylic acids is 1. The number of methoxy groups -OCH3 is 1. The van der Waals surface area contributed by atoms with Crippen LogP contribution in [0.1, 0.15) is 82.7 Å². The lowest BCUT2D eigenvalue weighted by molar-refractivity contribution is -0.144. The van der Waals surface area contributed by atoms with Gasteiger partial charge in [-0.05, 0) is 79.3 Å². The molecule has 1 heterocycles. The number of aliphatic carboxylic acids is 1. The quantitative estimate of drug-likeness (QED) is 0.109. The number of hydrogen-bond acceptors (Lipinski definition) is 7. The molecule has 0 bridgehead atoms. The van der Waals surface area contributed by atoms with E-state index < -0.39 is 41.2 Å². The highest BCUT2D eigenvalue weighted by molar-refractivity contribution is 5.93. The maximum absolute atomic E-state index is 13.5. The van der Waals surface area contributed by atoms with Gasteiger partial charge < -0.3 is 35.6 Å². The lowest BCUT2D eigenvalue weighted by Gasteiger charge is -2.28. The number of epoxide rings is 1. The van der Waals surface area contributed by atoms with Crippen molar-refractivity contribution in [3.8, 4) is 5.75 Å². The number of rotatable bonds is 19. The molecule has 49 heavy (non-hydrogen) atoms. The molecule has 11 heteroatoms. The standard InChI is InChI=1S/C38H53N3O8/c1-8-27-19-26(15-18-30(27)48-7)20-29(35(44)39-22-38(5,6)37(47)41-32(23(2)3)36(45)46)40-31(43)12-10-9-11-24(4)33-34(49-33)28-16-13-25(21-42)14-17-28/h10,12-19,23-24,29,32-34,42H,8-9,11,20-22H2,1-7H3,(H,39,44)(H,40,43)(H,41,47)(H,45,46)/b12-10+/t24?,29-,32?,33?,34?/m1/s1. The average molecular weight is 680 g/mol. The Morgan fingerprint density at radius 3 is 2.29 bits per heavy atom. The Bertz CT molecular complexity index is 1470. The lowest BCUT2D eigenvalue weighted by Crippen LogP contribution is -2.54. The number of hydrogen-bond donors (Lipinski definition) is 5. The molecule has 2 aromatic rings. The van der Waals surface area contributed by atoms with Gasteiger partial charge in [0, 0.05) is 13.0 Å². The molecular formula is C38H53N3O8. The molecule has 0 aliphatic carbocycles. The second-order valence-electron chi connectivity index (χ2n) is 13.8. The van der Waals surface area contributed by atoms with Crippen LogP contribution in [0.3, 0.4) is 0 Å². The van der Waals surface area contributed by atoms with Crippen LogP contribution in [0.25, 0.3) is 0 Å². The van der Waals surface area contributed by atoms with Crippen LogP contribution in [0.15, 0.2) is 54.6 Å². The predicted octanol–water partition coefficient (Wildman–Crippen LogP) is 4.26. The molecule has 3 amide bonds. The van der Waals surface area contributed by atoms with E-state index in [0.717, 1.165) is 40.8 Å². The first kappa shape index (κ1) is 39.2. The zero-order chi connectivity index (χ0) is 36.3. The number of aliphatic hydroxyl groups is 1. The lowest BCUT2D eigenvalue weighted by atomic mass is 9.90. The molecule has 5 N–H and O–H groups in total. The molecule has 1 aliphatic heterocycles. The van der Waals surface area contributed by atoms with Crippen LogP contribution in [0, 0.1) is 17.3 Å². The SMILES string of the molecule is CCc1cc(C[C@@H](NC(=O)/C=C/CCC(C)C2OC2c2ccc(CO)cc2)C(=O)NCC(C)(C)C(=O)NC(C(=O)O)C(C)C)ccc1OC. The number of benzene rings is 2. The van der Waals surface area contributed by atoms with Crippen molar-refractivity contribution in [1.29, 1.82) is 0 Å². The summed E-state index contributed by atoms with van der Waals surface area (Å²) >= 11 is 0. The molecule has 4 unspecified atom stereocenters. The summed E-state index contributed by atoms with van der Waals surface area (Å²) in [6.45, 7) is 10.7. The largest absolute Gasteiger partial charge is 0.496 e. The third-order valence-electron chi connectivity index (χ3n) is 8.97. The second kappa shape index (κ2) is 18.0. The second-order valence-corrected chi connectivity index (χ2v) is 13.8. The fraction of sp³-hybridized carbons (Fsp3) is 0.526. The van der Waals surface area contributed by atoms with Crippen LogP contribution in [0.4, 0.5) is 0 Å². The molecule has 0 radical (unpaired) electrons. The van der Waals surface area contributed by atoms with Crippen molar-refractivity contribution in [2.45, 2.75) is 98.1 Å². The molecule has 0 saturated carbocycles. The first-order valence-electron chi connectivity index (χ1n) is 17.0. The van der Waals surface area contributed by atoms with E-state index >= 15 is 0 Å². The number of allylic oxidation sites excluding steroid dienone is 1. The van der Waals surface area contributed by atoms with Crippen LogP contribution in [0.5, 0.6) is 5.75 Å². The topological polar surface area (TPSA) is 167 Å². The highest BCUT2D eigenvalue weighted by Crippen LogP contribution is 2.44. The Morgan fingerprint density at radius 2 is 1.69 bits per heavy atom. The Morgan fingerprint density at radius 1 is 1.02 bits per heavy atom. The number of carbonyl (C=O) groups is 4. The van der Waals surface area contributed by atoms with Crippen molar-refractivity contribution < 1.29 is 38.9 Å². The Labute approximate surface area is 289 Å². The van der Waals surface area contributed by atoms with Crippen molar-refractivity contribution in [3.63, 3.8) is 0 Å². The summed E-state index contributed by atoms with van der Waals surface area (Å²) in [6, 6.07) is 11.4. The molecule has 0 spiro atoms. The smallest absolute Gasteiger partial charge is 0.326 e. The van der Waals surface area contributed by atoms with Crippen LogP contribution in [-0.4, -0.2) is 65.7 Å². The first-order valence-corrected chi connectivity index (χ1v) is 17.0. The fourth-order valence-corrected chi connectivity index (χ4v) is 5.61. The molecule has 268 valence electrons. The summed E-state index contributed by atoms with van der Waals surface area (Å²) in [6.07, 6.45) is 5.75. The summed E-state index contributed by atoms with van der Waals surface area (Å²) in [5.74, 6) is -1.83. The minimum atomic E-state index is -1.13. The first-order chi connectivity index (χ1) is 23.2. The van der Waals surface area contributed by atoms with E-state index in [1.807, 2.05) is 49.4 Å². The predicted molar refractivity (Wildman–Crippen MR) is 187 cm³/mol. The summed E-state index contributed by atoms with van der Waals surface area (Å²) in [5.41, 5.74) is 2.63.